The summed E-state index contributed by atoms with van der Waals surface area (Å²) in [5, 5.41) is 12.3. The molecule has 0 saturated heterocycles. The summed E-state index contributed by atoms with van der Waals surface area (Å²) >= 11 is 6.33. The number of nitrogens with one attached hydrogen (secondary N) is 1. The number of carbonyl (C=O) groups excluding carboxylic acids is 1. The van der Waals surface area contributed by atoms with Crippen LogP contribution in [0.25, 0.3) is 10.9 Å². The van der Waals surface area contributed by atoms with Crippen molar-refractivity contribution in [1.82, 2.24) is 9.88 Å². The molecule has 9 heteroatoms. The van der Waals surface area contributed by atoms with Crippen molar-refractivity contribution < 1.29 is 19.2 Å². The molecule has 3 aromatic rings. The van der Waals surface area contributed by atoms with Crippen molar-refractivity contribution in [2.24, 2.45) is 0 Å². The van der Waals surface area contributed by atoms with Gasteiger partial charge in [-0.15, -0.1) is 0 Å². The van der Waals surface area contributed by atoms with Crippen LogP contribution in [-0.2, 0) is 15.7 Å². The number of halogens is 1. The quantitative estimate of drug-likeness (QED) is 0.287. The van der Waals surface area contributed by atoms with Gasteiger partial charge in [-0.3, -0.25) is 15.0 Å². The number of benzene rings is 2. The van der Waals surface area contributed by atoms with Crippen LogP contribution < -0.4 is 4.74 Å². The monoisotopic (exact) mass is 513 g/mol. The Morgan fingerprint density at radius 2 is 1.83 bits per heavy atom. The molecule has 0 bridgehead atoms. The maximum Gasteiger partial charge on any atom is 0.411 e. The van der Waals surface area contributed by atoms with Gasteiger partial charge in [0, 0.05) is 46.3 Å². The Balaban J connectivity index is 1.77. The molecule has 0 saturated carbocycles. The number of fused-ring (bicyclic) bond motifs is 3. The molecular formula is C27H32ClN3O5. The lowest BCUT2D eigenvalue weighted by Gasteiger charge is -2.48. The van der Waals surface area contributed by atoms with Crippen molar-refractivity contribution in [3.8, 4) is 11.5 Å². The van der Waals surface area contributed by atoms with Gasteiger partial charge in [0.2, 0.25) is 0 Å². The number of hydrogen-bond donors (Lipinski definition) is 1. The number of non-ortho nitro benzene ring substituents is 1. The SMILES string of the molecule is Cc1cc([N+](=O)[O-])cc(Cl)c1Oc1ccc2[nH]c3c(c2c1)C(C)(C)CN(C(=O)OC(C)(C)C)C3(C)C. The fraction of sp³-hybridized carbons (Fsp3) is 0.444. The van der Waals surface area contributed by atoms with Crippen LogP contribution in [0.2, 0.25) is 5.02 Å². The first-order valence-electron chi connectivity index (χ1n) is 11.8. The zero-order valence-corrected chi connectivity index (χ0v) is 22.7. The molecule has 2 aromatic carbocycles. The third kappa shape index (κ3) is 4.50. The van der Waals surface area contributed by atoms with Gasteiger partial charge < -0.3 is 14.5 Å². The van der Waals surface area contributed by atoms with Crippen molar-refractivity contribution in [3.05, 3.63) is 62.3 Å². The van der Waals surface area contributed by atoms with Gasteiger partial charge in [0.1, 0.15) is 17.1 Å². The summed E-state index contributed by atoms with van der Waals surface area (Å²) in [5.74, 6) is 0.938. The predicted octanol–water partition coefficient (Wildman–Crippen LogP) is 7.59. The first-order chi connectivity index (χ1) is 16.5. The maximum atomic E-state index is 13.1. The van der Waals surface area contributed by atoms with Gasteiger partial charge in [-0.05, 0) is 65.3 Å². The van der Waals surface area contributed by atoms with Crippen molar-refractivity contribution >= 4 is 34.3 Å². The lowest BCUT2D eigenvalue weighted by atomic mass is 9.74. The number of hydrogen-bond acceptors (Lipinski definition) is 5. The van der Waals surface area contributed by atoms with Crippen molar-refractivity contribution in [3.63, 3.8) is 0 Å². The molecule has 192 valence electrons. The Hall–Kier alpha value is -3.26. The standard InChI is InChI=1S/C27H32ClN3O5/c1-15-11-16(31(33)34)12-19(28)22(15)35-17-9-10-20-18(13-17)21-23(29-20)27(7,8)30(14-26(21,5)6)24(32)36-25(2,3)4/h9-13,29H,14H2,1-8H3. The Bertz CT molecular complexity index is 1360. The van der Waals surface area contributed by atoms with Crippen LogP contribution in [0.3, 0.4) is 0 Å². The summed E-state index contributed by atoms with van der Waals surface area (Å²) in [6.07, 6.45) is -0.350. The molecule has 0 spiro atoms. The predicted molar refractivity (Wildman–Crippen MR) is 140 cm³/mol. The van der Waals surface area contributed by atoms with E-state index in [-0.39, 0.29) is 22.2 Å². The number of aromatic nitrogens is 1. The van der Waals surface area contributed by atoms with Crippen LogP contribution in [-0.4, -0.2) is 33.0 Å². The van der Waals surface area contributed by atoms with Crippen LogP contribution in [0.1, 0.15) is 65.3 Å². The zero-order chi connectivity index (χ0) is 26.8. The molecule has 1 aliphatic rings. The summed E-state index contributed by atoms with van der Waals surface area (Å²) in [7, 11) is 0. The summed E-state index contributed by atoms with van der Waals surface area (Å²) < 4.78 is 11.8. The fourth-order valence-electron chi connectivity index (χ4n) is 4.88. The minimum Gasteiger partial charge on any atom is -0.455 e. The molecule has 2 heterocycles. The highest BCUT2D eigenvalue weighted by Gasteiger charge is 2.48. The van der Waals surface area contributed by atoms with Gasteiger partial charge in [0.15, 0.2) is 0 Å². The molecule has 36 heavy (non-hydrogen) atoms. The average Bonchev–Trinajstić information content (AvgIpc) is 3.13. The molecule has 1 aliphatic heterocycles. The molecule has 1 N–H and O–H groups in total. The van der Waals surface area contributed by atoms with Gasteiger partial charge >= 0.3 is 6.09 Å². The number of nitro groups is 1. The maximum absolute atomic E-state index is 13.1. The van der Waals surface area contributed by atoms with E-state index in [1.807, 2.05) is 52.8 Å². The van der Waals surface area contributed by atoms with E-state index >= 15 is 0 Å². The Kier molecular flexibility index (Phi) is 6.03. The van der Waals surface area contributed by atoms with Crippen molar-refractivity contribution in [1.29, 1.82) is 0 Å². The van der Waals surface area contributed by atoms with E-state index in [4.69, 9.17) is 21.1 Å². The molecule has 0 unspecified atom stereocenters. The highest BCUT2D eigenvalue weighted by Crippen LogP contribution is 2.47. The third-order valence-corrected chi connectivity index (χ3v) is 6.83. The lowest BCUT2D eigenvalue weighted by Crippen LogP contribution is -2.56. The number of aryl methyl sites for hydroxylation is 1. The van der Waals surface area contributed by atoms with Gasteiger partial charge in [-0.1, -0.05) is 25.4 Å². The number of nitro benzene ring substituents is 1. The van der Waals surface area contributed by atoms with Gasteiger partial charge in [-0.25, -0.2) is 4.79 Å². The van der Waals surface area contributed by atoms with E-state index in [9.17, 15) is 14.9 Å². The minimum atomic E-state index is -0.633. The number of amides is 1. The first kappa shape index (κ1) is 25.8. The molecule has 1 aromatic heterocycles. The molecule has 0 aliphatic carbocycles. The summed E-state index contributed by atoms with van der Waals surface area (Å²) in [4.78, 5) is 29.1. The normalized spacial score (nSPS) is 16.5. The molecule has 0 atom stereocenters. The van der Waals surface area contributed by atoms with Crippen LogP contribution in [0.5, 0.6) is 11.5 Å². The Morgan fingerprint density at radius 3 is 2.42 bits per heavy atom. The molecular weight excluding hydrogens is 482 g/mol. The minimum absolute atomic E-state index is 0.0847. The Morgan fingerprint density at radius 1 is 1.17 bits per heavy atom. The van der Waals surface area contributed by atoms with Crippen molar-refractivity contribution in [2.75, 3.05) is 6.54 Å². The molecule has 4 rings (SSSR count). The van der Waals surface area contributed by atoms with E-state index < -0.39 is 16.1 Å². The lowest BCUT2D eigenvalue weighted by molar-refractivity contribution is -0.384. The topological polar surface area (TPSA) is 97.7 Å². The average molecular weight is 514 g/mol. The summed E-state index contributed by atoms with van der Waals surface area (Å²) in [6.45, 7) is 16.0. The van der Waals surface area contributed by atoms with Crippen molar-refractivity contribution in [2.45, 2.75) is 71.9 Å². The fourth-order valence-corrected chi connectivity index (χ4v) is 5.18. The van der Waals surface area contributed by atoms with Gasteiger partial charge in [-0.2, -0.15) is 0 Å². The van der Waals surface area contributed by atoms with E-state index in [2.05, 4.69) is 18.8 Å². The third-order valence-electron chi connectivity index (χ3n) is 6.55. The van der Waals surface area contributed by atoms with E-state index in [1.165, 1.54) is 12.1 Å². The van der Waals surface area contributed by atoms with Crippen LogP contribution in [0.4, 0.5) is 10.5 Å². The number of nitrogens with zero attached hydrogens (tertiary/aromatic N) is 2. The summed E-state index contributed by atoms with van der Waals surface area (Å²) in [5.41, 5.74) is 1.86. The summed E-state index contributed by atoms with van der Waals surface area (Å²) in [6, 6.07) is 8.43. The van der Waals surface area contributed by atoms with Crippen LogP contribution in [0.15, 0.2) is 30.3 Å². The zero-order valence-electron chi connectivity index (χ0n) is 21.9. The second kappa shape index (κ2) is 8.40. The second-order valence-electron chi connectivity index (χ2n) is 11.5. The number of ether oxygens (including phenoxy) is 2. The highest BCUT2D eigenvalue weighted by molar-refractivity contribution is 6.32. The van der Waals surface area contributed by atoms with Crippen LogP contribution >= 0.6 is 11.6 Å². The second-order valence-corrected chi connectivity index (χ2v) is 11.9. The van der Waals surface area contributed by atoms with Crippen LogP contribution in [0, 0.1) is 17.0 Å². The number of rotatable bonds is 3. The van der Waals surface area contributed by atoms with Gasteiger partial charge in [0.05, 0.1) is 15.5 Å². The number of aromatic amines is 1. The number of H-pyrrole nitrogens is 1. The van der Waals surface area contributed by atoms with Gasteiger partial charge in [0.25, 0.3) is 5.69 Å². The smallest absolute Gasteiger partial charge is 0.411 e. The highest BCUT2D eigenvalue weighted by atomic mass is 35.5. The molecule has 0 radical (unpaired) electrons. The molecule has 1 amide bonds. The largest absolute Gasteiger partial charge is 0.455 e. The molecule has 8 nitrogen and oxygen atoms in total. The van der Waals surface area contributed by atoms with E-state index in [0.717, 1.165) is 22.2 Å². The molecule has 0 fully saturated rings. The number of carbonyl (C=O) groups is 1. The van der Waals surface area contributed by atoms with E-state index in [0.29, 0.717) is 23.6 Å². The van der Waals surface area contributed by atoms with E-state index in [1.54, 1.807) is 11.8 Å². The Labute approximate surface area is 215 Å². The first-order valence-corrected chi connectivity index (χ1v) is 12.2.